The zero-order valence-corrected chi connectivity index (χ0v) is 14.6. The fourth-order valence-corrected chi connectivity index (χ4v) is 4.57. The molecule has 122 valence electrons. The van der Waals surface area contributed by atoms with E-state index in [9.17, 15) is 0 Å². The average molecular weight is 323 g/mol. The smallest absolute Gasteiger partial charge is 0.0657 e. The first kappa shape index (κ1) is 14.5. The van der Waals surface area contributed by atoms with Gasteiger partial charge in [0, 0.05) is 16.5 Å². The lowest BCUT2D eigenvalue weighted by atomic mass is 9.70. The molecule has 1 heterocycles. The van der Waals surface area contributed by atoms with E-state index in [1.54, 1.807) is 0 Å². The number of anilines is 2. The molecule has 2 atom stereocenters. The molecule has 0 saturated heterocycles. The van der Waals surface area contributed by atoms with Crippen molar-refractivity contribution in [2.24, 2.45) is 0 Å². The van der Waals surface area contributed by atoms with E-state index in [1.165, 1.54) is 33.3 Å². The van der Waals surface area contributed by atoms with E-state index in [1.807, 2.05) is 0 Å². The van der Waals surface area contributed by atoms with Gasteiger partial charge in [-0.2, -0.15) is 0 Å². The number of hydrogen-bond acceptors (Lipinski definition) is 1. The topological polar surface area (TPSA) is 3.24 Å². The number of nitrogens with zero attached hydrogens (tertiary/aromatic N) is 1. The lowest BCUT2D eigenvalue weighted by Crippen LogP contribution is -2.41. The second-order valence-corrected chi connectivity index (χ2v) is 7.27. The monoisotopic (exact) mass is 323 g/mol. The van der Waals surface area contributed by atoms with Gasteiger partial charge >= 0.3 is 0 Å². The van der Waals surface area contributed by atoms with Crippen LogP contribution < -0.4 is 4.90 Å². The first-order valence-corrected chi connectivity index (χ1v) is 8.93. The highest BCUT2D eigenvalue weighted by molar-refractivity contribution is 6.01. The maximum atomic E-state index is 2.53. The average Bonchev–Trinajstić information content (AvgIpc) is 2.93. The van der Waals surface area contributed by atoms with Crippen LogP contribution in [0.5, 0.6) is 0 Å². The van der Waals surface area contributed by atoms with Crippen LogP contribution in [0.15, 0.2) is 90.5 Å². The zero-order valence-electron chi connectivity index (χ0n) is 14.6. The van der Waals surface area contributed by atoms with Gasteiger partial charge in [0.05, 0.1) is 11.7 Å². The van der Waals surface area contributed by atoms with Gasteiger partial charge in [-0.15, -0.1) is 0 Å². The molecule has 2 unspecified atom stereocenters. The summed E-state index contributed by atoms with van der Waals surface area (Å²) in [5.74, 6) is 0. The fourth-order valence-electron chi connectivity index (χ4n) is 4.57. The van der Waals surface area contributed by atoms with Gasteiger partial charge in [0.15, 0.2) is 0 Å². The first-order valence-electron chi connectivity index (χ1n) is 8.93. The predicted octanol–water partition coefficient (Wildman–Crippen LogP) is 6.13. The van der Waals surface area contributed by atoms with Gasteiger partial charge in [-0.05, 0) is 36.9 Å². The Morgan fingerprint density at radius 3 is 2.48 bits per heavy atom. The standard InChI is InChI=1S/C24H21N/c1-17-9-8-14-22-24(17,2)21-16-15-18-10-6-7-13-20(18)23(21)25(22)19-11-4-3-5-12-19/h3-16,22H,1-2H3. The van der Waals surface area contributed by atoms with Crippen molar-refractivity contribution >= 4 is 22.1 Å². The minimum absolute atomic E-state index is 0.00392. The van der Waals surface area contributed by atoms with Gasteiger partial charge in [0.25, 0.3) is 0 Å². The number of para-hydroxylation sites is 1. The van der Waals surface area contributed by atoms with E-state index < -0.39 is 0 Å². The van der Waals surface area contributed by atoms with Crippen molar-refractivity contribution in [2.75, 3.05) is 4.90 Å². The Bertz CT molecular complexity index is 1030. The lowest BCUT2D eigenvalue weighted by Gasteiger charge is -2.37. The molecule has 2 aliphatic rings. The van der Waals surface area contributed by atoms with Crippen molar-refractivity contribution in [1.82, 2.24) is 0 Å². The molecule has 0 bridgehead atoms. The van der Waals surface area contributed by atoms with Crippen molar-refractivity contribution < 1.29 is 0 Å². The summed E-state index contributed by atoms with van der Waals surface area (Å²) in [5.41, 5.74) is 5.47. The third kappa shape index (κ3) is 1.84. The van der Waals surface area contributed by atoms with Crippen LogP contribution in [0, 0.1) is 0 Å². The van der Waals surface area contributed by atoms with E-state index in [0.717, 1.165) is 0 Å². The predicted molar refractivity (Wildman–Crippen MR) is 107 cm³/mol. The molecular weight excluding hydrogens is 302 g/mol. The Labute approximate surface area is 148 Å². The molecule has 3 aromatic rings. The first-order chi connectivity index (χ1) is 12.2. The highest BCUT2D eigenvalue weighted by Crippen LogP contribution is 2.55. The summed E-state index contributed by atoms with van der Waals surface area (Å²) >= 11 is 0. The minimum atomic E-state index is 0.00392. The molecule has 5 rings (SSSR count). The maximum Gasteiger partial charge on any atom is 0.0657 e. The molecule has 1 heteroatoms. The summed E-state index contributed by atoms with van der Waals surface area (Å²) in [5, 5.41) is 2.63. The van der Waals surface area contributed by atoms with Crippen LogP contribution in [-0.2, 0) is 5.41 Å². The quantitative estimate of drug-likeness (QED) is 0.520. The molecule has 1 aliphatic carbocycles. The molecule has 0 amide bonds. The molecule has 1 nitrogen and oxygen atoms in total. The van der Waals surface area contributed by atoms with Crippen molar-refractivity contribution in [3.8, 4) is 0 Å². The Balaban J connectivity index is 1.89. The molecule has 0 fully saturated rings. The molecule has 0 radical (unpaired) electrons. The summed E-state index contributed by atoms with van der Waals surface area (Å²) in [6, 6.07) is 24.4. The van der Waals surface area contributed by atoms with Crippen LogP contribution in [0.2, 0.25) is 0 Å². The summed E-state index contributed by atoms with van der Waals surface area (Å²) in [6.07, 6.45) is 6.84. The van der Waals surface area contributed by atoms with E-state index in [4.69, 9.17) is 0 Å². The van der Waals surface area contributed by atoms with Gasteiger partial charge in [-0.3, -0.25) is 0 Å². The molecule has 0 saturated carbocycles. The molecule has 0 spiro atoms. The zero-order chi connectivity index (χ0) is 17.0. The number of benzene rings is 3. The Kier molecular flexibility index (Phi) is 2.96. The van der Waals surface area contributed by atoms with Gasteiger partial charge < -0.3 is 4.90 Å². The Morgan fingerprint density at radius 1 is 0.880 bits per heavy atom. The van der Waals surface area contributed by atoms with E-state index >= 15 is 0 Å². The summed E-state index contributed by atoms with van der Waals surface area (Å²) in [4.78, 5) is 2.53. The summed E-state index contributed by atoms with van der Waals surface area (Å²) < 4.78 is 0. The van der Waals surface area contributed by atoms with Gasteiger partial charge in [-0.1, -0.05) is 78.4 Å². The summed E-state index contributed by atoms with van der Waals surface area (Å²) in [7, 11) is 0. The minimum Gasteiger partial charge on any atom is -0.333 e. The van der Waals surface area contributed by atoms with E-state index in [2.05, 4.69) is 104 Å². The molecule has 1 aliphatic heterocycles. The Hall–Kier alpha value is -2.80. The number of fused-ring (bicyclic) bond motifs is 5. The van der Waals surface area contributed by atoms with E-state index in [0.29, 0.717) is 6.04 Å². The Morgan fingerprint density at radius 2 is 1.64 bits per heavy atom. The van der Waals surface area contributed by atoms with Crippen LogP contribution in [0.25, 0.3) is 10.8 Å². The normalized spacial score (nSPS) is 24.2. The van der Waals surface area contributed by atoms with Gasteiger partial charge in [0.1, 0.15) is 0 Å². The summed E-state index contributed by atoms with van der Waals surface area (Å²) in [6.45, 7) is 4.66. The third-order valence-corrected chi connectivity index (χ3v) is 6.06. The van der Waals surface area contributed by atoms with Crippen LogP contribution in [0.1, 0.15) is 19.4 Å². The van der Waals surface area contributed by atoms with Gasteiger partial charge in [-0.25, -0.2) is 0 Å². The molecular formula is C24H21N. The molecule has 0 N–H and O–H groups in total. The second kappa shape index (κ2) is 5.10. The lowest BCUT2D eigenvalue weighted by molar-refractivity contribution is 0.518. The second-order valence-electron chi connectivity index (χ2n) is 7.27. The molecule has 25 heavy (non-hydrogen) atoms. The number of rotatable bonds is 1. The van der Waals surface area contributed by atoms with Crippen molar-refractivity contribution in [3.63, 3.8) is 0 Å². The maximum absolute atomic E-state index is 2.53. The van der Waals surface area contributed by atoms with Crippen LogP contribution >= 0.6 is 0 Å². The van der Waals surface area contributed by atoms with Crippen LogP contribution in [0.4, 0.5) is 11.4 Å². The third-order valence-electron chi connectivity index (χ3n) is 6.06. The molecule has 0 aromatic heterocycles. The largest absolute Gasteiger partial charge is 0.333 e. The number of hydrogen-bond donors (Lipinski definition) is 0. The highest BCUT2D eigenvalue weighted by Gasteiger charge is 2.49. The SMILES string of the molecule is CC1=CC=CC2N(c3ccccc3)c3c(ccc4ccccc34)C12C. The van der Waals surface area contributed by atoms with Crippen LogP contribution in [-0.4, -0.2) is 6.04 Å². The fraction of sp³-hybridized carbons (Fsp3) is 0.167. The van der Waals surface area contributed by atoms with Crippen molar-refractivity contribution in [3.05, 3.63) is 96.1 Å². The number of allylic oxidation sites excluding steroid dienone is 2. The van der Waals surface area contributed by atoms with Crippen molar-refractivity contribution in [2.45, 2.75) is 25.3 Å². The van der Waals surface area contributed by atoms with Crippen LogP contribution in [0.3, 0.4) is 0 Å². The highest BCUT2D eigenvalue weighted by atomic mass is 15.2. The van der Waals surface area contributed by atoms with Gasteiger partial charge in [0.2, 0.25) is 0 Å². The van der Waals surface area contributed by atoms with Crippen molar-refractivity contribution in [1.29, 1.82) is 0 Å². The molecule has 3 aromatic carbocycles. The van der Waals surface area contributed by atoms with E-state index in [-0.39, 0.29) is 5.41 Å².